The molecular formula is C13H17BrO3. The highest BCUT2D eigenvalue weighted by Gasteiger charge is 2.11. The van der Waals surface area contributed by atoms with E-state index in [9.17, 15) is 4.79 Å². The van der Waals surface area contributed by atoms with Crippen LogP contribution in [0.3, 0.4) is 0 Å². The summed E-state index contributed by atoms with van der Waals surface area (Å²) < 4.78 is 10.2. The van der Waals surface area contributed by atoms with Gasteiger partial charge in [0, 0.05) is 5.33 Å². The summed E-state index contributed by atoms with van der Waals surface area (Å²) in [7, 11) is 1.62. The average molecular weight is 301 g/mol. The first-order valence-electron chi connectivity index (χ1n) is 5.50. The van der Waals surface area contributed by atoms with Crippen molar-refractivity contribution in [3.8, 4) is 5.75 Å². The molecule has 0 fully saturated rings. The minimum Gasteiger partial charge on any atom is -0.497 e. The van der Waals surface area contributed by atoms with Crippen molar-refractivity contribution in [2.45, 2.75) is 25.6 Å². The fraction of sp³-hybridized carbons (Fsp3) is 0.462. The zero-order chi connectivity index (χ0) is 12.8. The standard InChI is InChI=1S/C13H17BrO3/c1-4-17-13(15)7-10-5-12(16-3)6-11(8-14)9(10)2/h5-6H,4,7-8H2,1-3H3. The lowest BCUT2D eigenvalue weighted by atomic mass is 10.0. The summed E-state index contributed by atoms with van der Waals surface area (Å²) in [6.45, 7) is 4.22. The van der Waals surface area contributed by atoms with Crippen LogP contribution in [0.1, 0.15) is 23.6 Å². The van der Waals surface area contributed by atoms with Gasteiger partial charge in [0.05, 0.1) is 20.1 Å². The van der Waals surface area contributed by atoms with Crippen LogP contribution in [0.15, 0.2) is 12.1 Å². The number of rotatable bonds is 5. The molecule has 4 heteroatoms. The van der Waals surface area contributed by atoms with Crippen molar-refractivity contribution in [3.05, 3.63) is 28.8 Å². The normalized spacial score (nSPS) is 10.1. The second kappa shape index (κ2) is 6.64. The molecule has 0 unspecified atom stereocenters. The molecular weight excluding hydrogens is 284 g/mol. The molecule has 1 aromatic carbocycles. The Morgan fingerprint density at radius 3 is 2.53 bits per heavy atom. The molecule has 0 aliphatic rings. The van der Waals surface area contributed by atoms with E-state index >= 15 is 0 Å². The zero-order valence-electron chi connectivity index (χ0n) is 10.4. The molecule has 0 saturated heterocycles. The van der Waals surface area contributed by atoms with Crippen molar-refractivity contribution >= 4 is 21.9 Å². The number of hydrogen-bond donors (Lipinski definition) is 0. The van der Waals surface area contributed by atoms with Crippen LogP contribution >= 0.6 is 15.9 Å². The van der Waals surface area contributed by atoms with Crippen LogP contribution in [0, 0.1) is 6.92 Å². The van der Waals surface area contributed by atoms with Gasteiger partial charge in [0.2, 0.25) is 0 Å². The molecule has 0 saturated carbocycles. The Balaban J connectivity index is 3.00. The summed E-state index contributed by atoms with van der Waals surface area (Å²) in [4.78, 5) is 11.5. The maximum Gasteiger partial charge on any atom is 0.310 e. The molecule has 0 atom stereocenters. The van der Waals surface area contributed by atoms with Gasteiger partial charge in [-0.2, -0.15) is 0 Å². The number of carbonyl (C=O) groups excluding carboxylic acids is 1. The molecule has 94 valence electrons. The molecule has 0 N–H and O–H groups in total. The fourth-order valence-corrected chi connectivity index (χ4v) is 2.20. The Labute approximate surface area is 110 Å². The zero-order valence-corrected chi connectivity index (χ0v) is 12.0. The van der Waals surface area contributed by atoms with Crippen LogP contribution in [-0.4, -0.2) is 19.7 Å². The first-order valence-corrected chi connectivity index (χ1v) is 6.62. The van der Waals surface area contributed by atoms with E-state index in [2.05, 4.69) is 15.9 Å². The second-order valence-electron chi connectivity index (χ2n) is 3.69. The lowest BCUT2D eigenvalue weighted by Gasteiger charge is -2.12. The highest BCUT2D eigenvalue weighted by molar-refractivity contribution is 9.08. The van der Waals surface area contributed by atoms with Gasteiger partial charge < -0.3 is 9.47 Å². The van der Waals surface area contributed by atoms with E-state index in [0.717, 1.165) is 27.8 Å². The monoisotopic (exact) mass is 300 g/mol. The Bertz CT molecular complexity index is 402. The van der Waals surface area contributed by atoms with E-state index in [1.807, 2.05) is 19.1 Å². The highest BCUT2D eigenvalue weighted by atomic mass is 79.9. The van der Waals surface area contributed by atoms with Crippen LogP contribution in [0.4, 0.5) is 0 Å². The Morgan fingerprint density at radius 1 is 1.35 bits per heavy atom. The Morgan fingerprint density at radius 2 is 2.00 bits per heavy atom. The first-order chi connectivity index (χ1) is 8.12. The number of alkyl halides is 1. The van der Waals surface area contributed by atoms with Crippen molar-refractivity contribution in [2.24, 2.45) is 0 Å². The van der Waals surface area contributed by atoms with Crippen LogP contribution in [0.5, 0.6) is 5.75 Å². The maximum atomic E-state index is 11.5. The third kappa shape index (κ3) is 3.73. The number of hydrogen-bond acceptors (Lipinski definition) is 3. The molecule has 1 aromatic rings. The van der Waals surface area contributed by atoms with Crippen molar-refractivity contribution in [1.29, 1.82) is 0 Å². The van der Waals surface area contributed by atoms with Gasteiger partial charge in [-0.3, -0.25) is 4.79 Å². The summed E-state index contributed by atoms with van der Waals surface area (Å²) in [6.07, 6.45) is 0.289. The molecule has 0 aromatic heterocycles. The molecule has 0 heterocycles. The van der Waals surface area contributed by atoms with Gasteiger partial charge in [-0.1, -0.05) is 15.9 Å². The van der Waals surface area contributed by atoms with Crippen LogP contribution in [0.2, 0.25) is 0 Å². The topological polar surface area (TPSA) is 35.5 Å². The van der Waals surface area contributed by atoms with Crippen molar-refractivity contribution in [3.63, 3.8) is 0 Å². The van der Waals surface area contributed by atoms with E-state index in [4.69, 9.17) is 9.47 Å². The Kier molecular flexibility index (Phi) is 5.48. The third-order valence-corrected chi connectivity index (χ3v) is 3.22. The number of ether oxygens (including phenoxy) is 2. The lowest BCUT2D eigenvalue weighted by Crippen LogP contribution is -2.09. The first kappa shape index (κ1) is 14.0. The molecule has 0 aliphatic carbocycles. The summed E-state index contributed by atoms with van der Waals surface area (Å²) in [5, 5.41) is 0.742. The lowest BCUT2D eigenvalue weighted by molar-refractivity contribution is -0.142. The minimum atomic E-state index is -0.204. The van der Waals surface area contributed by atoms with E-state index in [-0.39, 0.29) is 12.4 Å². The molecule has 3 nitrogen and oxygen atoms in total. The van der Waals surface area contributed by atoms with Crippen molar-refractivity contribution in [1.82, 2.24) is 0 Å². The summed E-state index contributed by atoms with van der Waals surface area (Å²) in [6, 6.07) is 3.86. The van der Waals surface area contributed by atoms with Gasteiger partial charge in [0.15, 0.2) is 0 Å². The minimum absolute atomic E-state index is 0.204. The van der Waals surface area contributed by atoms with Crippen LogP contribution in [0.25, 0.3) is 0 Å². The highest BCUT2D eigenvalue weighted by Crippen LogP contribution is 2.24. The molecule has 0 spiro atoms. The fourth-order valence-electron chi connectivity index (χ4n) is 1.62. The smallest absolute Gasteiger partial charge is 0.310 e. The third-order valence-electron chi connectivity index (χ3n) is 2.62. The number of halogens is 1. The Hall–Kier alpha value is -1.03. The van der Waals surface area contributed by atoms with E-state index in [1.165, 1.54) is 0 Å². The summed E-state index contributed by atoms with van der Waals surface area (Å²) in [5.41, 5.74) is 3.19. The maximum absolute atomic E-state index is 11.5. The van der Waals surface area contributed by atoms with Crippen molar-refractivity contribution < 1.29 is 14.3 Å². The quantitative estimate of drug-likeness (QED) is 0.619. The van der Waals surface area contributed by atoms with Gasteiger partial charge in [-0.25, -0.2) is 0 Å². The number of benzene rings is 1. The average Bonchev–Trinajstić information content (AvgIpc) is 2.32. The van der Waals surface area contributed by atoms with Crippen LogP contribution in [-0.2, 0) is 21.3 Å². The van der Waals surface area contributed by atoms with E-state index in [0.29, 0.717) is 6.61 Å². The molecule has 0 amide bonds. The largest absolute Gasteiger partial charge is 0.497 e. The SMILES string of the molecule is CCOC(=O)Cc1cc(OC)cc(CBr)c1C. The van der Waals surface area contributed by atoms with E-state index < -0.39 is 0 Å². The molecule has 0 bridgehead atoms. The van der Waals surface area contributed by atoms with E-state index in [1.54, 1.807) is 14.0 Å². The van der Waals surface area contributed by atoms with Crippen molar-refractivity contribution in [2.75, 3.05) is 13.7 Å². The molecule has 0 aliphatic heterocycles. The summed E-state index contributed by atoms with van der Waals surface area (Å²) in [5.74, 6) is 0.564. The molecule has 17 heavy (non-hydrogen) atoms. The molecule has 0 radical (unpaired) electrons. The second-order valence-corrected chi connectivity index (χ2v) is 4.25. The predicted octanol–water partition coefficient (Wildman–Crippen LogP) is 3.00. The summed E-state index contributed by atoms with van der Waals surface area (Å²) >= 11 is 3.43. The van der Waals surface area contributed by atoms with Gasteiger partial charge in [-0.05, 0) is 42.7 Å². The molecule has 1 rings (SSSR count). The van der Waals surface area contributed by atoms with Gasteiger partial charge in [0.1, 0.15) is 5.75 Å². The van der Waals surface area contributed by atoms with Crippen LogP contribution < -0.4 is 4.74 Å². The number of esters is 1. The predicted molar refractivity (Wildman–Crippen MR) is 70.7 cm³/mol. The van der Waals surface area contributed by atoms with Gasteiger partial charge in [0.25, 0.3) is 0 Å². The number of methoxy groups -OCH3 is 1. The number of carbonyl (C=O) groups is 1. The van der Waals surface area contributed by atoms with Gasteiger partial charge >= 0.3 is 5.97 Å². The van der Waals surface area contributed by atoms with Gasteiger partial charge in [-0.15, -0.1) is 0 Å².